The van der Waals surface area contributed by atoms with E-state index in [1.165, 1.54) is 64.7 Å². The first-order valence-corrected chi connectivity index (χ1v) is 14.4. The molecule has 4 fully saturated rings. The molecular formula is C31H39N3O3. The first-order chi connectivity index (χ1) is 18.2. The Morgan fingerprint density at radius 2 is 1.32 bits per heavy atom. The van der Waals surface area contributed by atoms with Crippen LogP contribution in [0.4, 0.5) is 0 Å². The molecule has 4 aliphatic rings. The van der Waals surface area contributed by atoms with Crippen molar-refractivity contribution >= 4 is 11.1 Å². The highest BCUT2D eigenvalue weighted by molar-refractivity contribution is 5.77. The van der Waals surface area contributed by atoms with E-state index in [1.807, 2.05) is 42.5 Å². The Morgan fingerprint density at radius 1 is 0.730 bits per heavy atom. The number of fused-ring (bicyclic) bond motifs is 1. The number of nitrogens with zero attached hydrogens (tertiary/aromatic N) is 3. The second-order valence-corrected chi connectivity index (χ2v) is 12.1. The lowest BCUT2D eigenvalue weighted by Crippen LogP contribution is -2.23. The first-order valence-electron chi connectivity index (χ1n) is 14.4. The van der Waals surface area contributed by atoms with Crippen LogP contribution in [0.1, 0.15) is 51.4 Å². The zero-order valence-electron chi connectivity index (χ0n) is 21.9. The fourth-order valence-corrected chi connectivity index (χ4v) is 6.38. The molecule has 196 valence electrons. The highest BCUT2D eigenvalue weighted by Gasteiger charge is 2.47. The van der Waals surface area contributed by atoms with Crippen LogP contribution in [0.5, 0.6) is 11.5 Å². The molecule has 6 heteroatoms. The molecule has 6 nitrogen and oxygen atoms in total. The molecule has 2 aliphatic carbocycles. The maximum absolute atomic E-state index is 6.08. The standard InChI is InChI=1S/C31H39N3O3/c1(15-33-17-13-30(22-33)9-10-30)19-35-25-5-3-24(4-6-25)29-32-27-8-7-26(21-28(27)37-29)36-20-2-16-34-18-14-31(23-34)11-12-31/h3-8,21H,1-2,9-20,22-23H2. The van der Waals surface area contributed by atoms with E-state index in [0.717, 1.165) is 67.3 Å². The summed E-state index contributed by atoms with van der Waals surface area (Å²) in [5.41, 5.74) is 3.98. The highest BCUT2D eigenvalue weighted by atomic mass is 16.5. The number of rotatable bonds is 11. The van der Waals surface area contributed by atoms with Gasteiger partial charge < -0.3 is 23.7 Å². The lowest BCUT2D eigenvalue weighted by Gasteiger charge is -2.15. The monoisotopic (exact) mass is 501 g/mol. The summed E-state index contributed by atoms with van der Waals surface area (Å²) in [6, 6.07) is 14.0. The lowest BCUT2D eigenvalue weighted by molar-refractivity contribution is 0.257. The average molecular weight is 502 g/mol. The predicted octanol–water partition coefficient (Wildman–Crippen LogP) is 6.00. The summed E-state index contributed by atoms with van der Waals surface area (Å²) in [5, 5.41) is 0. The van der Waals surface area contributed by atoms with Crippen molar-refractivity contribution in [1.29, 1.82) is 0 Å². The molecule has 3 heterocycles. The number of likely N-dealkylation sites (tertiary alicyclic amines) is 2. The first kappa shape index (κ1) is 23.5. The van der Waals surface area contributed by atoms with Gasteiger partial charge in [0.25, 0.3) is 0 Å². The van der Waals surface area contributed by atoms with Crippen molar-refractivity contribution in [1.82, 2.24) is 14.8 Å². The number of aromatic nitrogens is 1. The molecular weight excluding hydrogens is 462 g/mol. The third kappa shape index (κ3) is 5.37. The Morgan fingerprint density at radius 3 is 1.92 bits per heavy atom. The molecule has 37 heavy (non-hydrogen) atoms. The van der Waals surface area contributed by atoms with Gasteiger partial charge in [0.2, 0.25) is 5.89 Å². The molecule has 0 amide bonds. The minimum absolute atomic E-state index is 0.629. The van der Waals surface area contributed by atoms with E-state index in [9.17, 15) is 0 Å². The molecule has 3 aromatic rings. The molecule has 0 atom stereocenters. The normalized spacial score (nSPS) is 21.8. The summed E-state index contributed by atoms with van der Waals surface area (Å²) >= 11 is 0. The topological polar surface area (TPSA) is 51.0 Å². The Balaban J connectivity index is 0.874. The largest absolute Gasteiger partial charge is 0.494 e. The van der Waals surface area contributed by atoms with Gasteiger partial charge in [-0.2, -0.15) is 0 Å². The van der Waals surface area contributed by atoms with Crippen molar-refractivity contribution < 1.29 is 13.9 Å². The van der Waals surface area contributed by atoms with E-state index in [4.69, 9.17) is 13.9 Å². The van der Waals surface area contributed by atoms with Gasteiger partial charge in [0.05, 0.1) is 13.2 Å². The van der Waals surface area contributed by atoms with E-state index in [1.54, 1.807) is 0 Å². The van der Waals surface area contributed by atoms with Crippen LogP contribution < -0.4 is 9.47 Å². The summed E-state index contributed by atoms with van der Waals surface area (Å²) in [5.74, 6) is 2.38. The molecule has 2 aliphatic heterocycles. The van der Waals surface area contributed by atoms with E-state index in [-0.39, 0.29) is 0 Å². The van der Waals surface area contributed by atoms with Crippen LogP contribution in [-0.4, -0.2) is 67.3 Å². The molecule has 2 spiro atoms. The number of oxazole rings is 1. The fourth-order valence-electron chi connectivity index (χ4n) is 6.38. The summed E-state index contributed by atoms with van der Waals surface area (Å²) in [6.45, 7) is 8.91. The number of hydrogen-bond donors (Lipinski definition) is 0. The zero-order chi connectivity index (χ0) is 24.7. The number of hydrogen-bond acceptors (Lipinski definition) is 6. The number of benzene rings is 2. The lowest BCUT2D eigenvalue weighted by atomic mass is 10.1. The Hall–Kier alpha value is -2.57. The quantitative estimate of drug-likeness (QED) is 0.300. The Kier molecular flexibility index (Phi) is 6.13. The molecule has 0 N–H and O–H groups in total. The summed E-state index contributed by atoms with van der Waals surface area (Å²) < 4.78 is 18.1. The van der Waals surface area contributed by atoms with Gasteiger partial charge in [0, 0.05) is 37.8 Å². The van der Waals surface area contributed by atoms with Crippen LogP contribution in [0.3, 0.4) is 0 Å². The highest BCUT2D eigenvalue weighted by Crippen LogP contribution is 2.53. The van der Waals surface area contributed by atoms with Crippen molar-refractivity contribution in [3.63, 3.8) is 0 Å². The van der Waals surface area contributed by atoms with Crippen LogP contribution in [-0.2, 0) is 0 Å². The van der Waals surface area contributed by atoms with Gasteiger partial charge in [-0.3, -0.25) is 0 Å². The minimum Gasteiger partial charge on any atom is -0.494 e. The van der Waals surface area contributed by atoms with Crippen molar-refractivity contribution in [2.75, 3.05) is 52.5 Å². The second-order valence-electron chi connectivity index (χ2n) is 12.1. The molecule has 0 radical (unpaired) electrons. The summed E-state index contributed by atoms with van der Waals surface area (Å²) in [6.07, 6.45) is 10.7. The van der Waals surface area contributed by atoms with Crippen LogP contribution in [0.15, 0.2) is 46.9 Å². The molecule has 2 saturated carbocycles. The number of ether oxygens (including phenoxy) is 2. The maximum atomic E-state index is 6.08. The van der Waals surface area contributed by atoms with Gasteiger partial charge >= 0.3 is 0 Å². The van der Waals surface area contributed by atoms with Gasteiger partial charge in [-0.05, 0) is 112 Å². The van der Waals surface area contributed by atoms with Crippen molar-refractivity contribution in [2.45, 2.75) is 51.4 Å². The van der Waals surface area contributed by atoms with Crippen LogP contribution in [0.2, 0.25) is 0 Å². The van der Waals surface area contributed by atoms with Crippen LogP contribution >= 0.6 is 0 Å². The third-order valence-corrected chi connectivity index (χ3v) is 9.18. The predicted molar refractivity (Wildman–Crippen MR) is 145 cm³/mol. The van der Waals surface area contributed by atoms with Crippen molar-refractivity contribution in [2.24, 2.45) is 10.8 Å². The van der Waals surface area contributed by atoms with Gasteiger partial charge in [0.15, 0.2) is 5.58 Å². The van der Waals surface area contributed by atoms with E-state index in [2.05, 4.69) is 14.8 Å². The summed E-state index contributed by atoms with van der Waals surface area (Å²) in [7, 11) is 0. The van der Waals surface area contributed by atoms with Gasteiger partial charge in [-0.15, -0.1) is 0 Å². The molecule has 0 unspecified atom stereocenters. The van der Waals surface area contributed by atoms with Gasteiger partial charge in [-0.25, -0.2) is 4.98 Å². The van der Waals surface area contributed by atoms with Crippen molar-refractivity contribution in [3.8, 4) is 23.0 Å². The van der Waals surface area contributed by atoms with Crippen LogP contribution in [0.25, 0.3) is 22.6 Å². The second kappa shape index (κ2) is 9.63. The molecule has 0 bridgehead atoms. The molecule has 2 aromatic carbocycles. The SMILES string of the molecule is c1cc(-c2nc3ccc(OCCCN4CCC5(CC5)C4)cc3o2)ccc1OCCCN1CCC2(CC2)C1. The van der Waals surface area contributed by atoms with Crippen LogP contribution in [0, 0.1) is 10.8 Å². The fraction of sp³-hybridized carbons (Fsp3) is 0.581. The van der Waals surface area contributed by atoms with Gasteiger partial charge in [0.1, 0.15) is 17.0 Å². The molecule has 7 rings (SSSR count). The summed E-state index contributed by atoms with van der Waals surface area (Å²) in [4.78, 5) is 9.90. The third-order valence-electron chi connectivity index (χ3n) is 9.18. The van der Waals surface area contributed by atoms with E-state index >= 15 is 0 Å². The molecule has 1 aromatic heterocycles. The van der Waals surface area contributed by atoms with Gasteiger partial charge in [-0.1, -0.05) is 0 Å². The Bertz CT molecular complexity index is 1230. The molecule has 2 saturated heterocycles. The smallest absolute Gasteiger partial charge is 0.227 e. The van der Waals surface area contributed by atoms with Crippen molar-refractivity contribution in [3.05, 3.63) is 42.5 Å². The zero-order valence-corrected chi connectivity index (χ0v) is 21.9. The minimum atomic E-state index is 0.629. The van der Waals surface area contributed by atoms with E-state index in [0.29, 0.717) is 16.7 Å². The maximum Gasteiger partial charge on any atom is 0.227 e. The Labute approximate surface area is 219 Å². The van der Waals surface area contributed by atoms with E-state index < -0.39 is 0 Å². The average Bonchev–Trinajstić information content (AvgIpc) is 3.67.